The van der Waals surface area contributed by atoms with Gasteiger partial charge in [-0.25, -0.2) is 0 Å². The van der Waals surface area contributed by atoms with Gasteiger partial charge < -0.3 is 9.67 Å². The highest BCUT2D eigenvalue weighted by molar-refractivity contribution is 9.11. The van der Waals surface area contributed by atoms with Crippen molar-refractivity contribution in [3.05, 3.63) is 59.1 Å². The SMILES string of the molecule is CC1(C)C(Br)C(=CBr)c2cccc3c(N=Nc4ccccc4)c(O)n1c23. The van der Waals surface area contributed by atoms with Gasteiger partial charge in [0.2, 0.25) is 5.88 Å². The molecule has 0 fully saturated rings. The Hall–Kier alpha value is -1.92. The van der Waals surface area contributed by atoms with Gasteiger partial charge in [-0.3, -0.25) is 0 Å². The van der Waals surface area contributed by atoms with Gasteiger partial charge >= 0.3 is 0 Å². The number of allylic oxidation sites excluding steroid dienone is 1. The van der Waals surface area contributed by atoms with Gasteiger partial charge in [-0.05, 0) is 36.5 Å². The molecule has 0 amide bonds. The van der Waals surface area contributed by atoms with Crippen molar-refractivity contribution in [2.24, 2.45) is 10.2 Å². The molecule has 1 unspecified atom stereocenters. The molecule has 0 aliphatic carbocycles. The first-order valence-corrected chi connectivity index (χ1v) is 10.1. The molecule has 1 aliphatic heterocycles. The number of nitrogens with zero attached hydrogens (tertiary/aromatic N) is 3. The monoisotopic (exact) mass is 473 g/mol. The van der Waals surface area contributed by atoms with Crippen LogP contribution in [-0.4, -0.2) is 14.5 Å². The maximum absolute atomic E-state index is 11.0. The Bertz CT molecular complexity index is 1050. The predicted octanol–water partition coefficient (Wildman–Crippen LogP) is 7.01. The molecule has 0 spiro atoms. The molecule has 1 aromatic heterocycles. The van der Waals surface area contributed by atoms with Crippen molar-refractivity contribution in [3.63, 3.8) is 0 Å². The summed E-state index contributed by atoms with van der Waals surface area (Å²) < 4.78 is 1.95. The van der Waals surface area contributed by atoms with Gasteiger partial charge in [-0.15, -0.1) is 5.11 Å². The van der Waals surface area contributed by atoms with E-state index in [4.69, 9.17) is 0 Å². The minimum atomic E-state index is -0.378. The number of benzene rings is 2. The van der Waals surface area contributed by atoms with Crippen LogP contribution in [0.2, 0.25) is 0 Å². The number of hydrogen-bond acceptors (Lipinski definition) is 3. The van der Waals surface area contributed by atoms with Gasteiger partial charge in [0.05, 0.1) is 21.6 Å². The molecule has 2 aromatic carbocycles. The van der Waals surface area contributed by atoms with Crippen molar-refractivity contribution in [3.8, 4) is 5.88 Å². The van der Waals surface area contributed by atoms with Crippen molar-refractivity contribution < 1.29 is 5.11 Å². The molecule has 26 heavy (non-hydrogen) atoms. The van der Waals surface area contributed by atoms with Crippen molar-refractivity contribution in [2.75, 3.05) is 0 Å². The fourth-order valence-corrected chi connectivity index (χ4v) is 5.00. The van der Waals surface area contributed by atoms with Gasteiger partial charge in [-0.1, -0.05) is 68.3 Å². The molecule has 0 saturated carbocycles. The minimum absolute atomic E-state index is 0.0321. The minimum Gasteiger partial charge on any atom is -0.493 e. The van der Waals surface area contributed by atoms with Crippen LogP contribution in [0.4, 0.5) is 11.4 Å². The lowest BCUT2D eigenvalue weighted by molar-refractivity contribution is 0.321. The number of para-hydroxylation sites is 1. The zero-order chi connectivity index (χ0) is 18.5. The molecule has 3 aromatic rings. The molecule has 1 N–H and O–H groups in total. The van der Waals surface area contributed by atoms with E-state index >= 15 is 0 Å². The summed E-state index contributed by atoms with van der Waals surface area (Å²) in [7, 11) is 0. The highest BCUT2D eigenvalue weighted by Crippen LogP contribution is 2.52. The third-order valence-electron chi connectivity index (χ3n) is 4.86. The Morgan fingerprint density at radius 2 is 1.81 bits per heavy atom. The first kappa shape index (κ1) is 17.5. The topological polar surface area (TPSA) is 49.9 Å². The molecule has 1 aliphatic rings. The maximum atomic E-state index is 11.0. The number of aromatic hydroxyl groups is 1. The van der Waals surface area contributed by atoms with E-state index in [0.29, 0.717) is 5.69 Å². The van der Waals surface area contributed by atoms with Crippen LogP contribution >= 0.6 is 31.9 Å². The maximum Gasteiger partial charge on any atom is 0.221 e. The Kier molecular flexibility index (Phi) is 4.28. The molecule has 0 saturated heterocycles. The van der Waals surface area contributed by atoms with E-state index in [2.05, 4.69) is 62.0 Å². The second kappa shape index (κ2) is 6.35. The highest BCUT2D eigenvalue weighted by atomic mass is 79.9. The Labute approximate surface area is 168 Å². The molecule has 132 valence electrons. The molecule has 0 bridgehead atoms. The number of rotatable bonds is 2. The number of alkyl halides is 1. The molecule has 4 nitrogen and oxygen atoms in total. The largest absolute Gasteiger partial charge is 0.493 e. The summed E-state index contributed by atoms with van der Waals surface area (Å²) in [4.78, 5) is 1.98. The van der Waals surface area contributed by atoms with E-state index in [1.54, 1.807) is 0 Å². The quantitative estimate of drug-likeness (QED) is 0.315. The molecular weight excluding hydrogens is 458 g/mol. The summed E-state index contributed by atoms with van der Waals surface area (Å²) in [6.07, 6.45) is 0. The van der Waals surface area contributed by atoms with Crippen molar-refractivity contribution in [1.82, 2.24) is 4.57 Å². The predicted molar refractivity (Wildman–Crippen MR) is 113 cm³/mol. The standard InChI is InChI=1S/C20H17Br2N3O/c1-20(2)18(22)15(11-21)13-9-6-10-14-16(19(26)25(20)17(13)14)24-23-12-7-4-3-5-8-12/h3-11,18,26H,1-2H3. The van der Waals surface area contributed by atoms with Crippen molar-refractivity contribution in [2.45, 2.75) is 24.2 Å². The lowest BCUT2D eigenvalue weighted by Gasteiger charge is -2.39. The van der Waals surface area contributed by atoms with E-state index in [-0.39, 0.29) is 16.2 Å². The smallest absolute Gasteiger partial charge is 0.221 e. The number of aromatic nitrogens is 1. The Morgan fingerprint density at radius 1 is 1.08 bits per heavy atom. The van der Waals surface area contributed by atoms with Crippen LogP contribution in [0.25, 0.3) is 16.5 Å². The summed E-state index contributed by atoms with van der Waals surface area (Å²) in [5, 5.41) is 20.6. The van der Waals surface area contributed by atoms with Crippen LogP contribution in [0.3, 0.4) is 0 Å². The summed E-state index contributed by atoms with van der Waals surface area (Å²) in [6.45, 7) is 4.19. The first-order valence-electron chi connectivity index (χ1n) is 8.25. The van der Waals surface area contributed by atoms with E-state index in [0.717, 1.165) is 27.7 Å². The van der Waals surface area contributed by atoms with Crippen LogP contribution in [-0.2, 0) is 5.54 Å². The van der Waals surface area contributed by atoms with Crippen LogP contribution in [0.15, 0.2) is 63.7 Å². The second-order valence-corrected chi connectivity index (χ2v) is 8.20. The lowest BCUT2D eigenvalue weighted by atomic mass is 9.86. The summed E-state index contributed by atoms with van der Waals surface area (Å²) >= 11 is 7.31. The van der Waals surface area contributed by atoms with Gasteiger partial charge in [-0.2, -0.15) is 5.11 Å². The Morgan fingerprint density at radius 3 is 2.50 bits per heavy atom. The third kappa shape index (κ3) is 2.47. The third-order valence-corrected chi connectivity index (χ3v) is 6.97. The lowest BCUT2D eigenvalue weighted by Crippen LogP contribution is -2.39. The number of azo groups is 1. The van der Waals surface area contributed by atoms with Gasteiger partial charge in [0, 0.05) is 10.9 Å². The zero-order valence-corrected chi connectivity index (χ0v) is 17.5. The van der Waals surface area contributed by atoms with Gasteiger partial charge in [0.15, 0.2) is 5.69 Å². The van der Waals surface area contributed by atoms with E-state index in [1.807, 2.05) is 52.0 Å². The molecule has 1 atom stereocenters. The van der Waals surface area contributed by atoms with Crippen molar-refractivity contribution >= 4 is 59.7 Å². The molecule has 0 radical (unpaired) electrons. The molecular formula is C20H17Br2N3O. The highest BCUT2D eigenvalue weighted by Gasteiger charge is 2.41. The average Bonchev–Trinajstić information content (AvgIpc) is 2.93. The summed E-state index contributed by atoms with van der Waals surface area (Å²) in [5.41, 5.74) is 4.04. The van der Waals surface area contributed by atoms with Crippen LogP contribution in [0.5, 0.6) is 5.88 Å². The fourth-order valence-electron chi connectivity index (χ4n) is 3.55. The normalized spacial score (nSPS) is 20.3. The molecule has 2 heterocycles. The molecule has 6 heteroatoms. The van der Waals surface area contributed by atoms with Crippen LogP contribution in [0.1, 0.15) is 19.4 Å². The second-order valence-electron chi connectivity index (χ2n) is 6.83. The number of hydrogen-bond donors (Lipinski definition) is 1. The zero-order valence-electron chi connectivity index (χ0n) is 14.3. The fraction of sp³-hybridized carbons (Fsp3) is 0.200. The number of halogens is 2. The Balaban J connectivity index is 2.01. The van der Waals surface area contributed by atoms with Crippen LogP contribution < -0.4 is 0 Å². The van der Waals surface area contributed by atoms with E-state index in [9.17, 15) is 5.11 Å². The van der Waals surface area contributed by atoms with Gasteiger partial charge in [0.1, 0.15) is 0 Å². The van der Waals surface area contributed by atoms with E-state index in [1.165, 1.54) is 0 Å². The van der Waals surface area contributed by atoms with Crippen molar-refractivity contribution in [1.29, 1.82) is 0 Å². The van der Waals surface area contributed by atoms with Crippen LogP contribution in [0, 0.1) is 0 Å². The van der Waals surface area contributed by atoms with E-state index < -0.39 is 0 Å². The average molecular weight is 475 g/mol. The molecule has 4 rings (SSSR count). The summed E-state index contributed by atoms with van der Waals surface area (Å²) in [6, 6.07) is 15.5. The summed E-state index contributed by atoms with van der Waals surface area (Å²) in [5.74, 6) is 0.134. The van der Waals surface area contributed by atoms with Gasteiger partial charge in [0.25, 0.3) is 0 Å². The first-order chi connectivity index (χ1) is 12.5.